The fourth-order valence-electron chi connectivity index (χ4n) is 10.7. The lowest BCUT2D eigenvalue weighted by Gasteiger charge is -2.46. The molecule has 6 rings (SSSR count). The molecule has 2 aliphatic heterocycles. The van der Waals surface area contributed by atoms with Gasteiger partial charge in [0.05, 0.1) is 17.3 Å². The van der Waals surface area contributed by atoms with E-state index in [2.05, 4.69) is 20.4 Å². The van der Waals surface area contributed by atoms with E-state index in [0.717, 1.165) is 22.3 Å². The minimum atomic E-state index is -1.08. The standard InChI is InChI=1S/C37H50O9/c1-9-17(2)33(40)46-31-28(18(3)11-10-12-38)19(4)13-27-30(31)37(35(42)45-27)16-36-20(5)14-26-24(21(6)34(41)44-26)15-25(36)22(7)29(37)32(36)43-23(8)39/h17-18,20,24,26-27,29-32,38H,6,9-16H2,1-5,7-8H3/t17-,18-,20-,24+,26-,27+,29+,30+,31+,32-,36-,37+/m1/s1. The number of rotatable bonds is 8. The van der Waals surface area contributed by atoms with Gasteiger partial charge in [-0.15, -0.1) is 0 Å². The van der Waals surface area contributed by atoms with Crippen LogP contribution in [0.15, 0.2) is 34.4 Å². The number of carbonyl (C=O) groups is 4. The number of fused-ring (bicyclic) bond motifs is 5. The third kappa shape index (κ3) is 4.50. The molecule has 46 heavy (non-hydrogen) atoms. The van der Waals surface area contributed by atoms with Gasteiger partial charge >= 0.3 is 23.9 Å². The summed E-state index contributed by atoms with van der Waals surface area (Å²) in [5, 5.41) is 9.65. The molecule has 252 valence electrons. The van der Waals surface area contributed by atoms with Crippen LogP contribution in [0, 0.1) is 46.3 Å². The normalized spacial score (nSPS) is 40.7. The monoisotopic (exact) mass is 638 g/mol. The summed E-state index contributed by atoms with van der Waals surface area (Å²) < 4.78 is 25.0. The Morgan fingerprint density at radius 1 is 1.09 bits per heavy atom. The molecule has 0 aromatic carbocycles. The van der Waals surface area contributed by atoms with E-state index in [-0.39, 0.29) is 54.3 Å². The van der Waals surface area contributed by atoms with Crippen molar-refractivity contribution in [3.05, 3.63) is 34.4 Å². The second-order valence-corrected chi connectivity index (χ2v) is 15.2. The molecule has 2 saturated heterocycles. The molecule has 2 heterocycles. The van der Waals surface area contributed by atoms with Gasteiger partial charge in [0.15, 0.2) is 0 Å². The molecule has 2 bridgehead atoms. The van der Waals surface area contributed by atoms with E-state index >= 15 is 0 Å². The molecule has 4 aliphatic carbocycles. The summed E-state index contributed by atoms with van der Waals surface area (Å²) >= 11 is 0. The Hall–Kier alpha value is -2.94. The van der Waals surface area contributed by atoms with Crippen molar-refractivity contribution in [3.63, 3.8) is 0 Å². The average molecular weight is 639 g/mol. The van der Waals surface area contributed by atoms with Crippen LogP contribution in [-0.2, 0) is 38.1 Å². The topological polar surface area (TPSA) is 125 Å². The Balaban J connectivity index is 1.52. The van der Waals surface area contributed by atoms with Gasteiger partial charge in [-0.1, -0.05) is 51.0 Å². The number of hydrogen-bond donors (Lipinski definition) is 1. The van der Waals surface area contributed by atoms with Crippen molar-refractivity contribution < 1.29 is 43.2 Å². The lowest BCUT2D eigenvalue weighted by atomic mass is 9.55. The van der Waals surface area contributed by atoms with Crippen molar-refractivity contribution in [2.75, 3.05) is 6.61 Å². The number of ether oxygens (including phenoxy) is 4. The molecule has 0 aromatic heterocycles. The minimum Gasteiger partial charge on any atom is -0.461 e. The predicted molar refractivity (Wildman–Crippen MR) is 168 cm³/mol. The van der Waals surface area contributed by atoms with Crippen molar-refractivity contribution >= 4 is 23.9 Å². The maximum Gasteiger partial charge on any atom is 0.334 e. The summed E-state index contributed by atoms with van der Waals surface area (Å²) in [6.45, 7) is 17.7. The fraction of sp³-hybridized carbons (Fsp3) is 0.730. The van der Waals surface area contributed by atoms with E-state index in [4.69, 9.17) is 18.9 Å². The van der Waals surface area contributed by atoms with Crippen LogP contribution in [0.5, 0.6) is 0 Å². The molecule has 0 unspecified atom stereocenters. The predicted octanol–water partition coefficient (Wildman–Crippen LogP) is 5.40. The summed E-state index contributed by atoms with van der Waals surface area (Å²) in [4.78, 5) is 53.6. The Labute approximate surface area is 272 Å². The van der Waals surface area contributed by atoms with Crippen LogP contribution < -0.4 is 0 Å². The third-order valence-corrected chi connectivity index (χ3v) is 12.9. The maximum atomic E-state index is 14.6. The molecule has 0 radical (unpaired) electrons. The number of aliphatic hydroxyl groups is 1. The maximum absolute atomic E-state index is 14.6. The number of hydrogen-bond acceptors (Lipinski definition) is 9. The molecule has 9 heteroatoms. The smallest absolute Gasteiger partial charge is 0.334 e. The highest BCUT2D eigenvalue weighted by molar-refractivity contribution is 5.91. The molecule has 1 N–H and O–H groups in total. The van der Waals surface area contributed by atoms with Gasteiger partial charge < -0.3 is 24.1 Å². The molecular formula is C37H50O9. The molecule has 4 fully saturated rings. The first-order valence-corrected chi connectivity index (χ1v) is 17.2. The molecule has 6 aliphatic rings. The van der Waals surface area contributed by atoms with Crippen molar-refractivity contribution in [2.45, 2.75) is 118 Å². The fourth-order valence-corrected chi connectivity index (χ4v) is 10.7. The Bertz CT molecular complexity index is 1420. The van der Waals surface area contributed by atoms with Gasteiger partial charge in [0, 0.05) is 42.8 Å². The number of esters is 4. The minimum absolute atomic E-state index is 0.0145. The van der Waals surface area contributed by atoms with E-state index < -0.39 is 46.9 Å². The van der Waals surface area contributed by atoms with Crippen LogP contribution in [0.25, 0.3) is 0 Å². The quantitative estimate of drug-likeness (QED) is 0.161. The van der Waals surface area contributed by atoms with Gasteiger partial charge in [0.1, 0.15) is 24.4 Å². The molecule has 9 nitrogen and oxygen atoms in total. The van der Waals surface area contributed by atoms with Crippen molar-refractivity contribution in [3.8, 4) is 0 Å². The summed E-state index contributed by atoms with van der Waals surface area (Å²) in [6.07, 6.45) is 1.93. The molecule has 2 spiro atoms. The zero-order chi connectivity index (χ0) is 33.5. The first-order valence-electron chi connectivity index (χ1n) is 17.2. The van der Waals surface area contributed by atoms with Crippen LogP contribution in [0.4, 0.5) is 0 Å². The zero-order valence-corrected chi connectivity index (χ0v) is 28.4. The van der Waals surface area contributed by atoms with E-state index in [0.29, 0.717) is 50.5 Å². The number of carbonyl (C=O) groups excluding carboxylic acids is 4. The van der Waals surface area contributed by atoms with Crippen molar-refractivity contribution in [1.82, 2.24) is 0 Å². The van der Waals surface area contributed by atoms with E-state index in [1.54, 1.807) is 0 Å². The molecule has 0 amide bonds. The van der Waals surface area contributed by atoms with Crippen LogP contribution in [0.3, 0.4) is 0 Å². The number of aliphatic hydroxyl groups excluding tert-OH is 1. The van der Waals surface area contributed by atoms with Gasteiger partial charge in [-0.3, -0.25) is 14.4 Å². The van der Waals surface area contributed by atoms with Gasteiger partial charge in [-0.2, -0.15) is 0 Å². The summed E-state index contributed by atoms with van der Waals surface area (Å²) in [5.74, 6) is -2.86. The zero-order valence-electron chi connectivity index (χ0n) is 28.4. The van der Waals surface area contributed by atoms with Crippen molar-refractivity contribution in [2.24, 2.45) is 46.3 Å². The second-order valence-electron chi connectivity index (χ2n) is 15.2. The van der Waals surface area contributed by atoms with Crippen LogP contribution >= 0.6 is 0 Å². The third-order valence-electron chi connectivity index (χ3n) is 12.9. The van der Waals surface area contributed by atoms with E-state index in [1.165, 1.54) is 6.92 Å². The summed E-state index contributed by atoms with van der Waals surface area (Å²) in [5.41, 5.74) is 2.93. The highest BCUT2D eigenvalue weighted by atomic mass is 16.6. The summed E-state index contributed by atoms with van der Waals surface area (Å²) in [7, 11) is 0. The molecule has 12 atom stereocenters. The lowest BCUT2D eigenvalue weighted by molar-refractivity contribution is -0.160. The average Bonchev–Trinajstić information content (AvgIpc) is 3.58. The Kier molecular flexibility index (Phi) is 8.34. The van der Waals surface area contributed by atoms with E-state index in [9.17, 15) is 24.3 Å². The second kappa shape index (κ2) is 11.6. The SMILES string of the molecule is C=C1C(=O)O[C@@H]2C[C@@H](C)[C@]34C[C@]5(C(=O)O[C@H]6CC(C)=C([C@H](C)CCCO)[C@H](OC(=O)[C@H](C)CC)[C@H]65)[C@@H](C(C)=C3C[C@@H]12)[C@H]4OC(C)=O. The van der Waals surface area contributed by atoms with Crippen LogP contribution in [0.2, 0.25) is 0 Å². The lowest BCUT2D eigenvalue weighted by Crippen LogP contribution is -2.51. The Morgan fingerprint density at radius 2 is 1.80 bits per heavy atom. The molecule has 0 aromatic rings. The van der Waals surface area contributed by atoms with Gasteiger partial charge in [-0.05, 0) is 69.8 Å². The summed E-state index contributed by atoms with van der Waals surface area (Å²) in [6, 6.07) is 0. The van der Waals surface area contributed by atoms with Crippen LogP contribution in [0.1, 0.15) is 93.4 Å². The molecular weight excluding hydrogens is 588 g/mol. The highest BCUT2D eigenvalue weighted by Gasteiger charge is 2.80. The Morgan fingerprint density at radius 3 is 2.46 bits per heavy atom. The van der Waals surface area contributed by atoms with E-state index in [1.807, 2.05) is 27.7 Å². The van der Waals surface area contributed by atoms with Crippen molar-refractivity contribution in [1.29, 1.82) is 0 Å². The largest absolute Gasteiger partial charge is 0.461 e. The first-order chi connectivity index (χ1) is 21.7. The van der Waals surface area contributed by atoms with Crippen LogP contribution in [-0.4, -0.2) is 60.0 Å². The van der Waals surface area contributed by atoms with Gasteiger partial charge in [-0.25, -0.2) is 4.79 Å². The first kappa shape index (κ1) is 33.0. The van der Waals surface area contributed by atoms with Gasteiger partial charge in [0.25, 0.3) is 0 Å². The molecule has 2 saturated carbocycles. The van der Waals surface area contributed by atoms with Gasteiger partial charge in [0.2, 0.25) is 0 Å². The highest BCUT2D eigenvalue weighted by Crippen LogP contribution is 2.76.